The van der Waals surface area contributed by atoms with Crippen LogP contribution in [0, 0.1) is 18.8 Å². The van der Waals surface area contributed by atoms with E-state index in [0.717, 1.165) is 36.4 Å². The van der Waals surface area contributed by atoms with Crippen LogP contribution < -0.4 is 10.1 Å². The average molecular weight is 423 g/mol. The van der Waals surface area contributed by atoms with Crippen molar-refractivity contribution in [2.24, 2.45) is 11.8 Å². The van der Waals surface area contributed by atoms with Gasteiger partial charge in [0.1, 0.15) is 11.5 Å². The van der Waals surface area contributed by atoms with Gasteiger partial charge in [0.15, 0.2) is 0 Å². The van der Waals surface area contributed by atoms with Crippen LogP contribution in [-0.4, -0.2) is 42.3 Å². The molecule has 31 heavy (non-hydrogen) atoms. The van der Waals surface area contributed by atoms with Crippen LogP contribution in [0.3, 0.4) is 0 Å². The highest BCUT2D eigenvalue weighted by atomic mass is 16.5. The van der Waals surface area contributed by atoms with Crippen molar-refractivity contribution in [1.29, 1.82) is 0 Å². The Bertz CT molecular complexity index is 799. The summed E-state index contributed by atoms with van der Waals surface area (Å²) < 4.78 is 6.00. The second-order valence-corrected chi connectivity index (χ2v) is 9.55. The van der Waals surface area contributed by atoms with Gasteiger partial charge in [-0.3, -0.25) is 4.90 Å². The summed E-state index contributed by atoms with van der Waals surface area (Å²) in [5.74, 6) is 3.38. The Balaban J connectivity index is 1.17. The van der Waals surface area contributed by atoms with Crippen molar-refractivity contribution in [2.75, 3.05) is 26.2 Å². The summed E-state index contributed by atoms with van der Waals surface area (Å²) in [6.07, 6.45) is 7.74. The number of rotatable bonds is 9. The van der Waals surface area contributed by atoms with Gasteiger partial charge in [0.05, 0.1) is 6.61 Å². The van der Waals surface area contributed by atoms with Gasteiger partial charge >= 0.3 is 0 Å². The summed E-state index contributed by atoms with van der Waals surface area (Å²) in [5, 5.41) is 13.2. The van der Waals surface area contributed by atoms with Gasteiger partial charge in [-0.2, -0.15) is 0 Å². The molecule has 0 amide bonds. The van der Waals surface area contributed by atoms with Crippen LogP contribution in [0.5, 0.6) is 11.5 Å². The largest absolute Gasteiger partial charge is 0.457 e. The molecule has 2 N–H and O–H groups in total. The van der Waals surface area contributed by atoms with Crippen molar-refractivity contribution in [3.8, 4) is 11.5 Å². The molecule has 1 aliphatic heterocycles. The summed E-state index contributed by atoms with van der Waals surface area (Å²) in [7, 11) is 0. The van der Waals surface area contributed by atoms with Crippen LogP contribution in [0.2, 0.25) is 0 Å². The molecule has 1 atom stereocenters. The Labute approximate surface area is 187 Å². The van der Waals surface area contributed by atoms with Crippen molar-refractivity contribution >= 4 is 0 Å². The molecule has 2 aliphatic rings. The zero-order valence-electron chi connectivity index (χ0n) is 18.9. The van der Waals surface area contributed by atoms with Crippen molar-refractivity contribution in [2.45, 2.75) is 58.0 Å². The van der Waals surface area contributed by atoms with E-state index in [1.54, 1.807) is 0 Å². The van der Waals surface area contributed by atoms with Gasteiger partial charge in [-0.05, 0) is 100 Å². The van der Waals surface area contributed by atoms with Crippen molar-refractivity contribution in [1.82, 2.24) is 10.2 Å². The molecule has 4 heteroatoms. The highest BCUT2D eigenvalue weighted by Crippen LogP contribution is 2.31. The smallest absolute Gasteiger partial charge is 0.127 e. The Hall–Kier alpha value is -1.88. The first-order chi connectivity index (χ1) is 15.2. The molecule has 0 spiro atoms. The number of hydrogen-bond acceptors (Lipinski definition) is 4. The lowest BCUT2D eigenvalue weighted by Crippen LogP contribution is -2.37. The van der Waals surface area contributed by atoms with E-state index in [1.807, 2.05) is 18.2 Å². The fourth-order valence-electron chi connectivity index (χ4n) is 5.17. The van der Waals surface area contributed by atoms with Crippen molar-refractivity contribution in [3.05, 3.63) is 59.7 Å². The molecule has 1 saturated heterocycles. The Morgan fingerprint density at radius 3 is 2.52 bits per heavy atom. The molecule has 4 rings (SSSR count). The number of ether oxygens (including phenoxy) is 1. The van der Waals surface area contributed by atoms with Crippen LogP contribution in [0.4, 0.5) is 0 Å². The van der Waals surface area contributed by atoms with Gasteiger partial charge in [-0.1, -0.05) is 29.8 Å². The summed E-state index contributed by atoms with van der Waals surface area (Å²) in [6.45, 7) is 6.77. The van der Waals surface area contributed by atoms with Crippen molar-refractivity contribution in [3.63, 3.8) is 0 Å². The number of nitrogens with one attached hydrogen (secondary N) is 1. The molecule has 0 aromatic heterocycles. The predicted molar refractivity (Wildman–Crippen MR) is 127 cm³/mol. The lowest BCUT2D eigenvalue weighted by atomic mass is 9.81. The zero-order chi connectivity index (χ0) is 21.5. The normalized spacial score (nSPS) is 24.4. The molecule has 2 aromatic carbocycles. The molecule has 168 valence electrons. The number of likely N-dealkylation sites (tertiary alicyclic amines) is 1. The molecule has 2 fully saturated rings. The number of aryl methyl sites for hydroxylation is 1. The first-order valence-electron chi connectivity index (χ1n) is 12.1. The van der Waals surface area contributed by atoms with Crippen LogP contribution in [0.15, 0.2) is 48.5 Å². The summed E-state index contributed by atoms with van der Waals surface area (Å²) in [6, 6.07) is 17.0. The van der Waals surface area contributed by atoms with E-state index in [1.165, 1.54) is 62.7 Å². The number of aliphatic hydroxyl groups is 1. The van der Waals surface area contributed by atoms with E-state index in [4.69, 9.17) is 4.74 Å². The van der Waals surface area contributed by atoms with Crippen LogP contribution in [0.1, 0.15) is 49.7 Å². The third-order valence-electron chi connectivity index (χ3n) is 7.09. The number of benzene rings is 2. The molecule has 1 unspecified atom stereocenters. The molecule has 1 saturated carbocycles. The van der Waals surface area contributed by atoms with Crippen LogP contribution in [0.25, 0.3) is 0 Å². The van der Waals surface area contributed by atoms with Gasteiger partial charge in [-0.15, -0.1) is 0 Å². The summed E-state index contributed by atoms with van der Waals surface area (Å²) in [5.41, 5.74) is 2.51. The highest BCUT2D eigenvalue weighted by molar-refractivity contribution is 5.35. The number of nitrogens with zero attached hydrogens (tertiary/aromatic N) is 1. The second-order valence-electron chi connectivity index (χ2n) is 9.55. The van der Waals surface area contributed by atoms with E-state index < -0.39 is 0 Å². The van der Waals surface area contributed by atoms with Gasteiger partial charge in [0, 0.05) is 19.1 Å². The topological polar surface area (TPSA) is 44.7 Å². The lowest BCUT2D eigenvalue weighted by molar-refractivity contribution is 0.124. The molecule has 0 bridgehead atoms. The molecule has 2 aromatic rings. The maximum atomic E-state index is 9.54. The number of aliphatic hydroxyl groups excluding tert-OH is 1. The predicted octanol–water partition coefficient (Wildman–Crippen LogP) is 5.14. The van der Waals surface area contributed by atoms with E-state index in [-0.39, 0.29) is 0 Å². The summed E-state index contributed by atoms with van der Waals surface area (Å²) in [4.78, 5) is 2.54. The molecular formula is C27H38N2O2. The molecule has 0 radical (unpaired) electrons. The molecule has 1 heterocycles. The standard InChI is InChI=1S/C27H38N2O2/c1-21-7-13-26(14-8-21)31-27-6-2-4-24(16-27)18-28-17-22-9-11-23(12-10-22)19-29-15-3-5-25(29)20-30/h2,4,6-8,13-14,16,22-23,25,28,30H,3,5,9-12,15,17-20H2,1H3. The monoisotopic (exact) mass is 422 g/mol. The maximum Gasteiger partial charge on any atom is 0.127 e. The van der Waals surface area contributed by atoms with Crippen LogP contribution in [-0.2, 0) is 6.54 Å². The third kappa shape index (κ3) is 6.55. The third-order valence-corrected chi connectivity index (χ3v) is 7.09. The molecule has 1 aliphatic carbocycles. The van der Waals surface area contributed by atoms with Gasteiger partial charge in [0.25, 0.3) is 0 Å². The first kappa shape index (κ1) is 22.3. The number of hydrogen-bond donors (Lipinski definition) is 2. The molecule has 4 nitrogen and oxygen atoms in total. The maximum absolute atomic E-state index is 9.54. The quantitative estimate of drug-likeness (QED) is 0.587. The van der Waals surface area contributed by atoms with E-state index in [0.29, 0.717) is 12.6 Å². The van der Waals surface area contributed by atoms with Gasteiger partial charge in [0.2, 0.25) is 0 Å². The zero-order valence-corrected chi connectivity index (χ0v) is 18.9. The average Bonchev–Trinajstić information content (AvgIpc) is 3.24. The Kier molecular flexibility index (Phi) is 8.01. The van der Waals surface area contributed by atoms with Crippen molar-refractivity contribution < 1.29 is 9.84 Å². The lowest BCUT2D eigenvalue weighted by Gasteiger charge is -2.33. The minimum Gasteiger partial charge on any atom is -0.457 e. The van der Waals surface area contributed by atoms with Gasteiger partial charge in [-0.25, -0.2) is 0 Å². The van der Waals surface area contributed by atoms with E-state index in [2.05, 4.69) is 47.5 Å². The minimum absolute atomic E-state index is 0.330. The Morgan fingerprint density at radius 2 is 1.74 bits per heavy atom. The van der Waals surface area contributed by atoms with E-state index >= 15 is 0 Å². The second kappa shape index (κ2) is 11.1. The first-order valence-corrected chi connectivity index (χ1v) is 12.1. The minimum atomic E-state index is 0.330. The summed E-state index contributed by atoms with van der Waals surface area (Å²) >= 11 is 0. The van der Waals surface area contributed by atoms with Crippen LogP contribution >= 0.6 is 0 Å². The SMILES string of the molecule is Cc1ccc(Oc2cccc(CNCC3CCC(CN4CCCC4CO)CC3)c2)cc1. The fraction of sp³-hybridized carbons (Fsp3) is 0.556. The molecular weight excluding hydrogens is 384 g/mol. The van der Waals surface area contributed by atoms with E-state index in [9.17, 15) is 5.11 Å². The highest BCUT2D eigenvalue weighted by Gasteiger charge is 2.28. The fourth-order valence-corrected chi connectivity index (χ4v) is 5.17. The van der Waals surface area contributed by atoms with Gasteiger partial charge < -0.3 is 15.2 Å². The Morgan fingerprint density at radius 1 is 0.968 bits per heavy atom.